The van der Waals surface area contributed by atoms with E-state index >= 15 is 0 Å². The minimum absolute atomic E-state index is 0.0452. The second kappa shape index (κ2) is 5.19. The molecule has 0 radical (unpaired) electrons. The highest BCUT2D eigenvalue weighted by Crippen LogP contribution is 2.41. The predicted octanol–water partition coefficient (Wildman–Crippen LogP) is 3.84. The van der Waals surface area contributed by atoms with Gasteiger partial charge in [0, 0.05) is 16.4 Å². The number of ketones is 1. The van der Waals surface area contributed by atoms with Crippen molar-refractivity contribution in [1.29, 1.82) is 0 Å². The molecule has 3 heterocycles. The zero-order valence-corrected chi connectivity index (χ0v) is 14.0. The minimum Gasteiger partial charge on any atom is -0.288 e. The molecule has 1 aromatic carbocycles. The van der Waals surface area contributed by atoms with Gasteiger partial charge < -0.3 is 0 Å². The third-order valence-electron chi connectivity index (χ3n) is 4.15. The number of carbonyl (C=O) groups is 1. The molecular weight excluding hydrogens is 336 g/mol. The van der Waals surface area contributed by atoms with Gasteiger partial charge in [-0.05, 0) is 28.1 Å². The van der Waals surface area contributed by atoms with Crippen LogP contribution in [0.5, 0.6) is 0 Å². The van der Waals surface area contributed by atoms with Gasteiger partial charge >= 0.3 is 0 Å². The molecule has 2 aromatic heterocycles. The number of benzene rings is 1. The van der Waals surface area contributed by atoms with E-state index in [1.54, 1.807) is 11.3 Å². The summed E-state index contributed by atoms with van der Waals surface area (Å²) in [6.45, 7) is 0. The van der Waals surface area contributed by atoms with Crippen LogP contribution in [-0.2, 0) is 0 Å². The van der Waals surface area contributed by atoms with Crippen LogP contribution < -0.4 is 10.4 Å². The van der Waals surface area contributed by atoms with E-state index in [0.29, 0.717) is 0 Å². The molecule has 0 fully saturated rings. The highest BCUT2D eigenvalue weighted by atomic mass is 32.1. The maximum absolute atomic E-state index is 13.2. The van der Waals surface area contributed by atoms with Crippen LogP contribution in [0.2, 0.25) is 0 Å². The first kappa shape index (κ1) is 13.8. The fraction of sp³-hybridized carbons (Fsp3) is 0. The fourth-order valence-corrected chi connectivity index (χ4v) is 4.52. The summed E-state index contributed by atoms with van der Waals surface area (Å²) < 4.78 is 0. The van der Waals surface area contributed by atoms with E-state index in [0.717, 1.165) is 42.7 Å². The minimum atomic E-state index is 0.0452. The van der Waals surface area contributed by atoms with Gasteiger partial charge in [-0.15, -0.1) is 32.9 Å². The van der Waals surface area contributed by atoms with Crippen LogP contribution in [-0.4, -0.2) is 5.78 Å². The topological polar surface area (TPSA) is 41.8 Å². The molecule has 0 unspecified atom stereocenters. The maximum Gasteiger partial charge on any atom is 0.204 e. The van der Waals surface area contributed by atoms with Crippen molar-refractivity contribution in [2.75, 3.05) is 0 Å². The van der Waals surface area contributed by atoms with Gasteiger partial charge in [0.15, 0.2) is 0 Å². The van der Waals surface area contributed by atoms with Gasteiger partial charge in [0.25, 0.3) is 0 Å². The molecule has 3 aromatic rings. The lowest BCUT2D eigenvalue weighted by atomic mass is 9.99. The average Bonchev–Trinajstić information content (AvgIpc) is 3.36. The second-order valence-electron chi connectivity index (χ2n) is 5.48. The van der Waals surface area contributed by atoms with E-state index in [1.807, 2.05) is 59.3 Å². The standard InChI is InChI=1S/C19H10N2OS2/c22-19(14-8-4-10-24-14)15-11-5-1-2-6-12(11)17-16(15)18(21-20-17)13-7-3-9-23-13/h1-10H. The van der Waals surface area contributed by atoms with Crippen LogP contribution in [0.25, 0.3) is 17.0 Å². The summed E-state index contributed by atoms with van der Waals surface area (Å²) >= 11 is 3.08. The van der Waals surface area contributed by atoms with Crippen molar-refractivity contribution in [3.8, 4) is 0 Å². The molecule has 0 bridgehead atoms. The summed E-state index contributed by atoms with van der Waals surface area (Å²) in [5, 5.41) is 14.7. The fourth-order valence-electron chi connectivity index (χ4n) is 3.13. The van der Waals surface area contributed by atoms with Gasteiger partial charge in [-0.1, -0.05) is 36.4 Å². The first-order valence-electron chi connectivity index (χ1n) is 7.47. The van der Waals surface area contributed by atoms with Crippen molar-refractivity contribution < 1.29 is 4.79 Å². The van der Waals surface area contributed by atoms with Crippen molar-refractivity contribution in [2.24, 2.45) is 10.2 Å². The monoisotopic (exact) mass is 346 g/mol. The third-order valence-corrected chi connectivity index (χ3v) is 5.90. The van der Waals surface area contributed by atoms with Crippen molar-refractivity contribution in [2.45, 2.75) is 0 Å². The molecule has 2 aliphatic rings. The van der Waals surface area contributed by atoms with Crippen LogP contribution in [0, 0.1) is 0 Å². The van der Waals surface area contributed by atoms with Gasteiger partial charge in [0.2, 0.25) is 5.78 Å². The molecule has 0 N–H and O–H groups in total. The highest BCUT2D eigenvalue weighted by molar-refractivity contribution is 7.12. The number of nitrogens with zero attached hydrogens (tertiary/aromatic N) is 2. The van der Waals surface area contributed by atoms with E-state index < -0.39 is 0 Å². The lowest BCUT2D eigenvalue weighted by molar-refractivity contribution is 0.106. The quantitative estimate of drug-likeness (QED) is 0.664. The van der Waals surface area contributed by atoms with Crippen LogP contribution >= 0.6 is 22.7 Å². The summed E-state index contributed by atoms with van der Waals surface area (Å²) in [5.41, 5.74) is 3.21. The molecule has 5 rings (SSSR count). The Labute approximate surface area is 145 Å². The van der Waals surface area contributed by atoms with Gasteiger partial charge in [-0.25, -0.2) is 0 Å². The summed E-state index contributed by atoms with van der Waals surface area (Å²) in [4.78, 5) is 15.0. The van der Waals surface area contributed by atoms with Crippen molar-refractivity contribution in [1.82, 2.24) is 0 Å². The molecule has 0 amide bonds. The van der Waals surface area contributed by atoms with Crippen LogP contribution in [0.4, 0.5) is 0 Å². The molecule has 3 nitrogen and oxygen atoms in total. The van der Waals surface area contributed by atoms with E-state index in [2.05, 4.69) is 10.2 Å². The predicted molar refractivity (Wildman–Crippen MR) is 97.3 cm³/mol. The zero-order valence-electron chi connectivity index (χ0n) is 12.4. The van der Waals surface area contributed by atoms with Crippen LogP contribution in [0.3, 0.4) is 0 Å². The Bertz CT molecular complexity index is 1150. The molecule has 5 heteroatoms. The normalized spacial score (nSPS) is 15.2. The largest absolute Gasteiger partial charge is 0.288 e. The van der Waals surface area contributed by atoms with Gasteiger partial charge in [-0.2, -0.15) is 0 Å². The Kier molecular flexibility index (Phi) is 2.98. The smallest absolute Gasteiger partial charge is 0.204 e. The zero-order chi connectivity index (χ0) is 16.1. The highest BCUT2D eigenvalue weighted by Gasteiger charge is 2.33. The van der Waals surface area contributed by atoms with Crippen LogP contribution in [0.1, 0.15) is 14.5 Å². The molecule has 1 aliphatic carbocycles. The molecule has 24 heavy (non-hydrogen) atoms. The maximum atomic E-state index is 13.2. The van der Waals surface area contributed by atoms with E-state index in [9.17, 15) is 4.79 Å². The van der Waals surface area contributed by atoms with Crippen molar-refractivity contribution in [3.05, 3.63) is 85.1 Å². The van der Waals surface area contributed by atoms with Gasteiger partial charge in [0.05, 0.1) is 9.75 Å². The average molecular weight is 346 g/mol. The number of Topliss-reactive ketones (excluding diaryl/α,β-unsaturated/α-hetero) is 1. The van der Waals surface area contributed by atoms with E-state index in [1.165, 1.54) is 11.3 Å². The molecule has 114 valence electrons. The molecule has 0 atom stereocenters. The van der Waals surface area contributed by atoms with Crippen LogP contribution in [0.15, 0.2) is 75.1 Å². The molecule has 0 saturated heterocycles. The Morgan fingerprint density at radius 3 is 2.29 bits per heavy atom. The number of hydrogen-bond acceptors (Lipinski definition) is 5. The number of fused-ring (bicyclic) bond motifs is 2. The number of carbonyl (C=O) groups excluding carboxylic acids is 1. The number of azo groups is 1. The lowest BCUT2D eigenvalue weighted by Crippen LogP contribution is -2.25. The number of thiophene rings is 2. The summed E-state index contributed by atoms with van der Waals surface area (Å²) in [5.74, 6) is 0.0452. The SMILES string of the molecule is O=C(C1=c2ccccc2=C2N=NC(c3cccs3)=C21)c1cccs1. The Hall–Kier alpha value is -2.63. The molecular formula is C19H10N2OS2. The van der Waals surface area contributed by atoms with Crippen molar-refractivity contribution >= 4 is 45.4 Å². The molecule has 0 saturated carbocycles. The third kappa shape index (κ3) is 1.85. The van der Waals surface area contributed by atoms with E-state index in [-0.39, 0.29) is 5.78 Å². The summed E-state index contributed by atoms with van der Waals surface area (Å²) in [6.07, 6.45) is 0. The Morgan fingerprint density at radius 1 is 0.792 bits per heavy atom. The molecule has 1 aliphatic heterocycles. The Morgan fingerprint density at radius 2 is 1.54 bits per heavy atom. The lowest BCUT2D eigenvalue weighted by Gasteiger charge is -2.05. The first-order chi connectivity index (χ1) is 11.8. The summed E-state index contributed by atoms with van der Waals surface area (Å²) in [6, 6.07) is 15.7. The van der Waals surface area contributed by atoms with Gasteiger partial charge in [-0.3, -0.25) is 4.79 Å². The molecule has 0 spiro atoms. The number of hydrogen-bond donors (Lipinski definition) is 0. The Balaban J connectivity index is 1.87. The summed E-state index contributed by atoms with van der Waals surface area (Å²) in [7, 11) is 0. The second-order valence-corrected chi connectivity index (χ2v) is 7.37. The van der Waals surface area contributed by atoms with Gasteiger partial charge in [0.1, 0.15) is 11.4 Å². The van der Waals surface area contributed by atoms with Crippen molar-refractivity contribution in [3.63, 3.8) is 0 Å². The number of rotatable bonds is 3. The first-order valence-corrected chi connectivity index (χ1v) is 9.23. The van der Waals surface area contributed by atoms with E-state index in [4.69, 9.17) is 0 Å².